The summed E-state index contributed by atoms with van der Waals surface area (Å²) in [6.07, 6.45) is 3.51. The molecule has 1 fully saturated rings. The molecule has 152 valence electrons. The molecule has 1 aliphatic rings. The number of hydrogen-bond donors (Lipinski definition) is 1. The second-order valence-electron chi connectivity index (χ2n) is 7.39. The molecule has 3 aromatic rings. The van der Waals surface area contributed by atoms with E-state index < -0.39 is 0 Å². The van der Waals surface area contributed by atoms with E-state index in [1.165, 1.54) is 6.42 Å². The monoisotopic (exact) mass is 394 g/mol. The highest BCUT2D eigenvalue weighted by atomic mass is 16.5. The van der Waals surface area contributed by atoms with Crippen LogP contribution in [0.2, 0.25) is 0 Å². The molecule has 7 nitrogen and oxygen atoms in total. The van der Waals surface area contributed by atoms with E-state index >= 15 is 0 Å². The summed E-state index contributed by atoms with van der Waals surface area (Å²) in [5.74, 6) is 3.32. The smallest absolute Gasteiger partial charge is 0.262 e. The summed E-state index contributed by atoms with van der Waals surface area (Å²) in [7, 11) is 0. The van der Waals surface area contributed by atoms with Crippen LogP contribution in [0.1, 0.15) is 44.1 Å². The molecule has 0 saturated heterocycles. The number of para-hydroxylation sites is 1. The van der Waals surface area contributed by atoms with Crippen LogP contribution in [-0.2, 0) is 11.3 Å². The number of fused-ring (bicyclic) bond motifs is 1. The first-order valence-corrected chi connectivity index (χ1v) is 10.1. The van der Waals surface area contributed by atoms with Gasteiger partial charge < -0.3 is 9.15 Å². The number of benzene rings is 1. The van der Waals surface area contributed by atoms with E-state index in [2.05, 4.69) is 22.4 Å². The average molecular weight is 394 g/mol. The largest absolute Gasteiger partial charge is 0.460 e. The summed E-state index contributed by atoms with van der Waals surface area (Å²) >= 11 is 0. The second kappa shape index (κ2) is 8.61. The molecule has 0 radical (unpaired) electrons. The normalized spacial score (nSPS) is 18.6. The Balaban J connectivity index is 1.54. The molecule has 1 saturated carbocycles. The molecule has 2 heterocycles. The lowest BCUT2D eigenvalue weighted by atomic mass is 10.2. The maximum Gasteiger partial charge on any atom is 0.262 e. The van der Waals surface area contributed by atoms with E-state index in [-0.39, 0.29) is 5.56 Å². The molecule has 2 atom stereocenters. The highest BCUT2D eigenvalue weighted by molar-refractivity contribution is 5.79. The Hall–Kier alpha value is -2.93. The number of nitrogens with one attached hydrogen (secondary N) is 1. The van der Waals surface area contributed by atoms with Gasteiger partial charge in [-0.2, -0.15) is 5.10 Å². The minimum Gasteiger partial charge on any atom is -0.460 e. The molecule has 29 heavy (non-hydrogen) atoms. The van der Waals surface area contributed by atoms with Crippen molar-refractivity contribution in [2.75, 3.05) is 18.6 Å². The number of hydrazone groups is 1. The number of hydrogen-bond acceptors (Lipinski definition) is 6. The molecule has 2 aromatic heterocycles. The van der Waals surface area contributed by atoms with Gasteiger partial charge in [-0.3, -0.25) is 9.36 Å². The van der Waals surface area contributed by atoms with Crippen molar-refractivity contribution in [3.8, 4) is 0 Å². The third kappa shape index (κ3) is 4.40. The quantitative estimate of drug-likeness (QED) is 0.337. The predicted molar refractivity (Wildman–Crippen MR) is 114 cm³/mol. The minimum absolute atomic E-state index is 0.0900. The van der Waals surface area contributed by atoms with Crippen molar-refractivity contribution in [2.24, 2.45) is 11.0 Å². The summed E-state index contributed by atoms with van der Waals surface area (Å²) in [4.78, 5) is 17.5. The van der Waals surface area contributed by atoms with Crippen molar-refractivity contribution in [1.29, 1.82) is 0 Å². The number of rotatable bonds is 9. The Kier molecular flexibility index (Phi) is 5.76. The van der Waals surface area contributed by atoms with E-state index in [0.29, 0.717) is 60.6 Å². The van der Waals surface area contributed by atoms with Gasteiger partial charge in [-0.25, -0.2) is 10.4 Å². The van der Waals surface area contributed by atoms with E-state index in [4.69, 9.17) is 9.15 Å². The third-order valence-corrected chi connectivity index (χ3v) is 5.21. The van der Waals surface area contributed by atoms with E-state index in [1.807, 2.05) is 37.3 Å². The van der Waals surface area contributed by atoms with Crippen LogP contribution in [0.4, 0.5) is 5.95 Å². The van der Waals surface area contributed by atoms with Crippen LogP contribution in [0.15, 0.2) is 50.7 Å². The minimum atomic E-state index is -0.0900. The lowest BCUT2D eigenvalue weighted by molar-refractivity contribution is 0.141. The fourth-order valence-electron chi connectivity index (χ4n) is 3.44. The zero-order valence-electron chi connectivity index (χ0n) is 16.8. The second-order valence-corrected chi connectivity index (χ2v) is 7.39. The Morgan fingerprint density at radius 3 is 2.97 bits per heavy atom. The summed E-state index contributed by atoms with van der Waals surface area (Å²) < 4.78 is 12.8. The Morgan fingerprint density at radius 1 is 1.34 bits per heavy atom. The van der Waals surface area contributed by atoms with Gasteiger partial charge >= 0.3 is 0 Å². The molecule has 7 heteroatoms. The zero-order valence-corrected chi connectivity index (χ0v) is 16.8. The fraction of sp³-hybridized carbons (Fsp3) is 0.409. The summed E-state index contributed by atoms with van der Waals surface area (Å²) in [6, 6.07) is 11.2. The molecule has 1 aromatic carbocycles. The molecule has 0 aliphatic heterocycles. The van der Waals surface area contributed by atoms with Gasteiger partial charge in [0, 0.05) is 25.7 Å². The van der Waals surface area contributed by atoms with Gasteiger partial charge in [0.2, 0.25) is 5.95 Å². The SMILES string of the molecule is CCOCCCn1c(N/N=C\c2ccc([C@@H]3C[C@H]3C)o2)nc2ccccc2c1=O. The summed E-state index contributed by atoms with van der Waals surface area (Å²) in [5.41, 5.74) is 3.47. The lowest BCUT2D eigenvalue weighted by Gasteiger charge is -2.12. The van der Waals surface area contributed by atoms with Crippen LogP contribution < -0.4 is 11.0 Å². The molecule has 0 spiro atoms. The van der Waals surface area contributed by atoms with Crippen LogP contribution in [0.25, 0.3) is 10.9 Å². The maximum atomic E-state index is 12.9. The van der Waals surface area contributed by atoms with Crippen molar-refractivity contribution in [3.63, 3.8) is 0 Å². The predicted octanol–water partition coefficient (Wildman–Crippen LogP) is 3.99. The standard InChI is InChI=1S/C22H26N4O3/c1-3-28-12-6-11-26-21(27)17-7-4-5-8-19(17)24-22(26)25-23-14-16-9-10-20(29-16)18-13-15(18)2/h4-5,7-10,14-15,18H,3,6,11-13H2,1-2H3,(H,24,25)/b23-14-/t15-,18-/m1/s1. The van der Waals surface area contributed by atoms with E-state index in [1.54, 1.807) is 16.8 Å². The molecular weight excluding hydrogens is 368 g/mol. The molecule has 1 N–H and O–H groups in total. The van der Waals surface area contributed by atoms with E-state index in [0.717, 1.165) is 5.76 Å². The highest BCUT2D eigenvalue weighted by Gasteiger charge is 2.36. The topological polar surface area (TPSA) is 81.7 Å². The number of nitrogens with zero attached hydrogens (tertiary/aromatic N) is 3. The van der Waals surface area contributed by atoms with Crippen LogP contribution in [0.5, 0.6) is 0 Å². The number of anilines is 1. The summed E-state index contributed by atoms with van der Waals surface area (Å²) in [5, 5.41) is 4.85. The van der Waals surface area contributed by atoms with Gasteiger partial charge in [0.25, 0.3) is 5.56 Å². The number of furan rings is 1. The van der Waals surface area contributed by atoms with Crippen molar-refractivity contribution in [3.05, 3.63) is 58.3 Å². The van der Waals surface area contributed by atoms with Crippen LogP contribution in [0, 0.1) is 5.92 Å². The number of ether oxygens (including phenoxy) is 1. The molecule has 1 aliphatic carbocycles. The van der Waals surface area contributed by atoms with Gasteiger partial charge in [0.1, 0.15) is 11.5 Å². The molecule has 0 amide bonds. The molecule has 0 bridgehead atoms. The van der Waals surface area contributed by atoms with Crippen molar-refractivity contribution in [1.82, 2.24) is 9.55 Å². The van der Waals surface area contributed by atoms with Gasteiger partial charge in [-0.1, -0.05) is 19.1 Å². The molecule has 0 unspecified atom stereocenters. The highest BCUT2D eigenvalue weighted by Crippen LogP contribution is 2.47. The van der Waals surface area contributed by atoms with Crippen LogP contribution in [-0.4, -0.2) is 29.0 Å². The van der Waals surface area contributed by atoms with E-state index in [9.17, 15) is 4.79 Å². The molecular formula is C22H26N4O3. The van der Waals surface area contributed by atoms with Crippen molar-refractivity contribution < 1.29 is 9.15 Å². The van der Waals surface area contributed by atoms with Crippen LogP contribution in [0.3, 0.4) is 0 Å². The first-order chi connectivity index (χ1) is 14.2. The van der Waals surface area contributed by atoms with Gasteiger partial charge in [0.15, 0.2) is 0 Å². The Morgan fingerprint density at radius 2 is 2.17 bits per heavy atom. The zero-order chi connectivity index (χ0) is 20.2. The third-order valence-electron chi connectivity index (χ3n) is 5.21. The average Bonchev–Trinajstić information content (AvgIpc) is 3.27. The van der Waals surface area contributed by atoms with Crippen LogP contribution >= 0.6 is 0 Å². The first kappa shape index (κ1) is 19.4. The fourth-order valence-corrected chi connectivity index (χ4v) is 3.44. The van der Waals surface area contributed by atoms with Gasteiger partial charge in [0.05, 0.1) is 17.1 Å². The van der Waals surface area contributed by atoms with Crippen molar-refractivity contribution in [2.45, 2.75) is 39.2 Å². The lowest BCUT2D eigenvalue weighted by Crippen LogP contribution is -2.25. The maximum absolute atomic E-state index is 12.9. The van der Waals surface area contributed by atoms with Gasteiger partial charge in [-0.15, -0.1) is 0 Å². The van der Waals surface area contributed by atoms with Gasteiger partial charge in [-0.05, 0) is 49.9 Å². The molecule has 4 rings (SSSR count). The summed E-state index contributed by atoms with van der Waals surface area (Å²) in [6.45, 7) is 5.92. The Bertz CT molecular complexity index is 1070. The first-order valence-electron chi connectivity index (χ1n) is 10.1. The Labute approximate surface area is 169 Å². The number of aromatic nitrogens is 2. The van der Waals surface area contributed by atoms with Crippen molar-refractivity contribution >= 4 is 23.1 Å².